The third-order valence-corrected chi connectivity index (χ3v) is 11.3. The maximum Gasteiger partial charge on any atom is 0.137 e. The minimum Gasteiger partial charge on any atom is -0.456 e. The normalized spacial score (nSPS) is 11.8. The highest BCUT2D eigenvalue weighted by atomic mass is 32.1. The second kappa shape index (κ2) is 10.9. The van der Waals surface area contributed by atoms with Crippen molar-refractivity contribution in [1.29, 1.82) is 0 Å². The van der Waals surface area contributed by atoms with Crippen LogP contribution in [-0.2, 0) is 0 Å². The van der Waals surface area contributed by atoms with E-state index in [1.165, 1.54) is 20.2 Å². The summed E-state index contributed by atoms with van der Waals surface area (Å²) in [6.07, 6.45) is 0. The number of rotatable bonds is 5. The average molecular weight is 651 g/mol. The molecule has 0 radical (unpaired) electrons. The third kappa shape index (κ3) is 4.43. The van der Waals surface area contributed by atoms with E-state index in [4.69, 9.17) is 9.40 Å². The van der Waals surface area contributed by atoms with Crippen LogP contribution in [0.3, 0.4) is 0 Å². The fraction of sp³-hybridized carbons (Fsp3) is 0. The van der Waals surface area contributed by atoms with Crippen molar-refractivity contribution in [3.8, 4) is 21.7 Å². The predicted octanol–water partition coefficient (Wildman–Crippen LogP) is 13.4. The topological polar surface area (TPSA) is 29.3 Å². The molecule has 10 rings (SSSR count). The molecule has 0 N–H and O–H groups in total. The molecule has 0 saturated heterocycles. The summed E-state index contributed by atoms with van der Waals surface area (Å²) in [5.41, 5.74) is 9.50. The van der Waals surface area contributed by atoms with Gasteiger partial charge in [0.05, 0.1) is 15.6 Å². The van der Waals surface area contributed by atoms with E-state index < -0.39 is 0 Å². The highest BCUT2D eigenvalue weighted by molar-refractivity contribution is 7.25. The number of aromatic nitrogens is 1. The predicted molar refractivity (Wildman–Crippen MR) is 205 cm³/mol. The van der Waals surface area contributed by atoms with Crippen LogP contribution >= 0.6 is 22.7 Å². The SMILES string of the molecule is c1ccc(-c2nc3c(ccc4oc5cc(-c6ccc(N(c7ccccc7)c7ccc8c(c7)sc7ccccc78)cc6)ccc5c43)s2)cc1. The van der Waals surface area contributed by atoms with Crippen LogP contribution in [-0.4, -0.2) is 4.98 Å². The number of anilines is 3. The smallest absolute Gasteiger partial charge is 0.137 e. The number of hydrogen-bond donors (Lipinski definition) is 0. The van der Waals surface area contributed by atoms with Gasteiger partial charge in [-0.2, -0.15) is 0 Å². The van der Waals surface area contributed by atoms with Crippen LogP contribution in [0.1, 0.15) is 0 Å². The van der Waals surface area contributed by atoms with Crippen LogP contribution in [0.15, 0.2) is 162 Å². The Hall–Kier alpha value is -5.75. The van der Waals surface area contributed by atoms with Gasteiger partial charge in [0.25, 0.3) is 0 Å². The van der Waals surface area contributed by atoms with Crippen molar-refractivity contribution in [2.24, 2.45) is 0 Å². The van der Waals surface area contributed by atoms with Crippen molar-refractivity contribution in [2.45, 2.75) is 0 Å². The lowest BCUT2D eigenvalue weighted by atomic mass is 10.0. The number of para-hydroxylation sites is 1. The number of nitrogens with zero attached hydrogens (tertiary/aromatic N) is 2. The highest BCUT2D eigenvalue weighted by Gasteiger charge is 2.17. The average Bonchev–Trinajstić information content (AvgIpc) is 3.85. The van der Waals surface area contributed by atoms with Crippen LogP contribution in [0.2, 0.25) is 0 Å². The van der Waals surface area contributed by atoms with Gasteiger partial charge in [-0.1, -0.05) is 91.0 Å². The Labute approximate surface area is 284 Å². The van der Waals surface area contributed by atoms with Crippen LogP contribution in [0, 0.1) is 0 Å². The molecule has 7 aromatic carbocycles. The molecule has 0 aliphatic carbocycles. The molecule has 3 nitrogen and oxygen atoms in total. The van der Waals surface area contributed by atoms with Gasteiger partial charge in [-0.05, 0) is 77.9 Å². The first-order valence-corrected chi connectivity index (χ1v) is 17.6. The summed E-state index contributed by atoms with van der Waals surface area (Å²) in [5, 5.41) is 5.81. The monoisotopic (exact) mass is 650 g/mol. The molecule has 48 heavy (non-hydrogen) atoms. The molecule has 0 bridgehead atoms. The molecule has 0 spiro atoms. The lowest BCUT2D eigenvalue weighted by molar-refractivity contribution is 0.669. The molecular weight excluding hydrogens is 625 g/mol. The highest BCUT2D eigenvalue weighted by Crippen LogP contribution is 2.42. The number of thiazole rings is 1. The van der Waals surface area contributed by atoms with Crippen molar-refractivity contribution in [2.75, 3.05) is 4.90 Å². The molecule has 0 fully saturated rings. The van der Waals surface area contributed by atoms with E-state index >= 15 is 0 Å². The fourth-order valence-corrected chi connectivity index (χ4v) is 8.94. The van der Waals surface area contributed by atoms with Crippen LogP contribution in [0.25, 0.3) is 74.0 Å². The fourth-order valence-electron chi connectivity index (χ4n) is 6.82. The third-order valence-electron chi connectivity index (χ3n) is 9.11. The first kappa shape index (κ1) is 27.4. The largest absolute Gasteiger partial charge is 0.456 e. The first-order chi connectivity index (χ1) is 23.8. The molecule has 0 atom stereocenters. The van der Waals surface area contributed by atoms with Crippen LogP contribution in [0.5, 0.6) is 0 Å². The Morgan fingerprint density at radius 1 is 0.438 bits per heavy atom. The lowest BCUT2D eigenvalue weighted by Gasteiger charge is -2.25. The van der Waals surface area contributed by atoms with Gasteiger partial charge in [-0.15, -0.1) is 22.7 Å². The van der Waals surface area contributed by atoms with Gasteiger partial charge in [0.15, 0.2) is 0 Å². The molecule has 0 aliphatic rings. The quantitative estimate of drug-likeness (QED) is 0.186. The summed E-state index contributed by atoms with van der Waals surface area (Å²) in [6.45, 7) is 0. The number of hydrogen-bond acceptors (Lipinski definition) is 5. The van der Waals surface area contributed by atoms with E-state index in [9.17, 15) is 0 Å². The van der Waals surface area contributed by atoms with Crippen LogP contribution in [0.4, 0.5) is 17.1 Å². The minimum atomic E-state index is 0.865. The Kier molecular flexibility index (Phi) is 6.22. The number of benzene rings is 7. The lowest BCUT2D eigenvalue weighted by Crippen LogP contribution is -2.09. The van der Waals surface area contributed by atoms with Crippen molar-refractivity contribution < 1.29 is 4.42 Å². The zero-order valence-corrected chi connectivity index (χ0v) is 27.3. The molecule has 0 unspecified atom stereocenters. The molecule has 0 aliphatic heterocycles. The Morgan fingerprint density at radius 3 is 1.98 bits per heavy atom. The maximum atomic E-state index is 6.43. The second-order valence-electron chi connectivity index (χ2n) is 12.0. The van der Waals surface area contributed by atoms with E-state index in [1.807, 2.05) is 17.4 Å². The zero-order valence-electron chi connectivity index (χ0n) is 25.6. The maximum absolute atomic E-state index is 6.43. The standard InChI is InChI=1S/C43H26N2OS2/c1-3-9-28(10-4-1)43-44-42-39(48-43)24-23-36-41(42)35-21-17-29(25-37(35)46-36)27-15-18-31(19-16-27)45(30-11-5-2-6-12-30)32-20-22-34-33-13-7-8-14-38(33)47-40(34)26-32/h1-26H. The number of thiophene rings is 1. The van der Waals surface area contributed by atoms with Crippen molar-refractivity contribution in [3.63, 3.8) is 0 Å². The van der Waals surface area contributed by atoms with E-state index in [-0.39, 0.29) is 0 Å². The molecular formula is C43H26N2OS2. The van der Waals surface area contributed by atoms with Gasteiger partial charge >= 0.3 is 0 Å². The summed E-state index contributed by atoms with van der Waals surface area (Å²) in [4.78, 5) is 7.40. The molecule has 5 heteroatoms. The molecule has 226 valence electrons. The molecule has 3 heterocycles. The van der Waals surface area contributed by atoms with E-state index in [0.717, 1.165) is 70.9 Å². The van der Waals surface area contributed by atoms with Gasteiger partial charge in [-0.3, -0.25) is 0 Å². The van der Waals surface area contributed by atoms with E-state index in [0.29, 0.717) is 0 Å². The summed E-state index contributed by atoms with van der Waals surface area (Å²) in [5.74, 6) is 0. The van der Waals surface area contributed by atoms with E-state index in [1.54, 1.807) is 11.3 Å². The summed E-state index contributed by atoms with van der Waals surface area (Å²) in [6, 6.07) is 56.0. The molecule has 3 aromatic heterocycles. The first-order valence-electron chi connectivity index (χ1n) is 15.9. The molecule has 0 saturated carbocycles. The van der Waals surface area contributed by atoms with Crippen molar-refractivity contribution >= 4 is 92.1 Å². The number of furan rings is 1. The summed E-state index contributed by atoms with van der Waals surface area (Å²) >= 11 is 3.57. The van der Waals surface area contributed by atoms with Gasteiger partial charge in [0.1, 0.15) is 16.2 Å². The number of fused-ring (bicyclic) bond motifs is 8. The Balaban J connectivity index is 1.03. The summed E-state index contributed by atoms with van der Waals surface area (Å²) < 4.78 is 10.2. The zero-order chi connectivity index (χ0) is 31.6. The minimum absolute atomic E-state index is 0.865. The summed E-state index contributed by atoms with van der Waals surface area (Å²) in [7, 11) is 0. The van der Waals surface area contributed by atoms with Gasteiger partial charge in [0, 0.05) is 48.2 Å². The van der Waals surface area contributed by atoms with Gasteiger partial charge < -0.3 is 9.32 Å². The van der Waals surface area contributed by atoms with Crippen molar-refractivity contribution in [1.82, 2.24) is 4.98 Å². The second-order valence-corrected chi connectivity index (χ2v) is 14.1. The van der Waals surface area contributed by atoms with Gasteiger partial charge in [0.2, 0.25) is 0 Å². The van der Waals surface area contributed by atoms with Gasteiger partial charge in [-0.25, -0.2) is 4.98 Å². The Bertz CT molecular complexity index is 2780. The molecule has 0 amide bonds. The Morgan fingerprint density at radius 2 is 1.12 bits per heavy atom. The molecule has 10 aromatic rings. The van der Waals surface area contributed by atoms with Crippen LogP contribution < -0.4 is 4.90 Å². The van der Waals surface area contributed by atoms with Crippen molar-refractivity contribution in [3.05, 3.63) is 158 Å². The van der Waals surface area contributed by atoms with E-state index in [2.05, 4.69) is 157 Å².